The maximum Gasteiger partial charge on any atom is 0.302 e. The van der Waals surface area contributed by atoms with E-state index < -0.39 is 0 Å². The van der Waals surface area contributed by atoms with Gasteiger partial charge in [0.15, 0.2) is 0 Å². The van der Waals surface area contributed by atoms with Gasteiger partial charge in [-0.1, -0.05) is 12.2 Å². The molecular weight excluding hydrogens is 154 g/mol. The molecule has 0 aromatic carbocycles. The lowest BCUT2D eigenvalue weighted by molar-refractivity contribution is -0.141. The molecule has 0 saturated carbocycles. The van der Waals surface area contributed by atoms with E-state index in [4.69, 9.17) is 4.74 Å². The van der Waals surface area contributed by atoms with Crippen molar-refractivity contribution in [3.05, 3.63) is 12.2 Å². The fourth-order valence-electron chi connectivity index (χ4n) is 1.21. The van der Waals surface area contributed by atoms with Crippen molar-refractivity contribution in [3.8, 4) is 0 Å². The first-order chi connectivity index (χ1) is 5.79. The van der Waals surface area contributed by atoms with E-state index >= 15 is 0 Å². The third kappa shape index (κ3) is 3.53. The molecule has 0 fully saturated rings. The zero-order chi connectivity index (χ0) is 8.81. The Hall–Kier alpha value is -0.830. The number of nitrogens with zero attached hydrogens (tertiary/aromatic N) is 1. The second kappa shape index (κ2) is 4.93. The number of ether oxygens (including phenoxy) is 1. The summed E-state index contributed by atoms with van der Waals surface area (Å²) < 4.78 is 4.84. The maximum atomic E-state index is 10.4. The first-order valence-corrected chi connectivity index (χ1v) is 4.30. The van der Waals surface area contributed by atoms with Gasteiger partial charge in [0.1, 0.15) is 6.61 Å². The van der Waals surface area contributed by atoms with E-state index in [1.54, 1.807) is 0 Å². The summed E-state index contributed by atoms with van der Waals surface area (Å²) >= 11 is 0. The van der Waals surface area contributed by atoms with Crippen molar-refractivity contribution in [3.63, 3.8) is 0 Å². The van der Waals surface area contributed by atoms with Crippen molar-refractivity contribution in [2.45, 2.75) is 13.3 Å². The molecule has 0 amide bonds. The third-order valence-electron chi connectivity index (χ3n) is 1.86. The monoisotopic (exact) mass is 169 g/mol. The highest BCUT2D eigenvalue weighted by atomic mass is 16.5. The molecule has 1 heterocycles. The van der Waals surface area contributed by atoms with Gasteiger partial charge in [-0.05, 0) is 6.42 Å². The second-order valence-electron chi connectivity index (χ2n) is 2.90. The van der Waals surface area contributed by atoms with Crippen LogP contribution in [0.2, 0.25) is 0 Å². The Labute approximate surface area is 73.0 Å². The molecule has 0 bridgehead atoms. The summed E-state index contributed by atoms with van der Waals surface area (Å²) in [5.41, 5.74) is 0. The number of hydrogen-bond donors (Lipinski definition) is 0. The van der Waals surface area contributed by atoms with Gasteiger partial charge >= 0.3 is 5.97 Å². The predicted octanol–water partition coefficient (Wildman–Crippen LogP) is 0.811. The fourth-order valence-corrected chi connectivity index (χ4v) is 1.21. The lowest BCUT2D eigenvalue weighted by atomic mass is 10.2. The van der Waals surface area contributed by atoms with Crippen LogP contribution in [0.25, 0.3) is 0 Å². The van der Waals surface area contributed by atoms with Gasteiger partial charge in [0.25, 0.3) is 0 Å². The molecule has 0 saturated heterocycles. The topological polar surface area (TPSA) is 29.5 Å². The highest BCUT2D eigenvalue weighted by Gasteiger charge is 2.05. The fraction of sp³-hybridized carbons (Fsp3) is 0.667. The minimum absolute atomic E-state index is 0.192. The zero-order valence-electron chi connectivity index (χ0n) is 7.45. The van der Waals surface area contributed by atoms with Gasteiger partial charge in [-0.3, -0.25) is 9.69 Å². The van der Waals surface area contributed by atoms with Gasteiger partial charge in [-0.2, -0.15) is 0 Å². The Morgan fingerprint density at radius 1 is 1.58 bits per heavy atom. The van der Waals surface area contributed by atoms with Crippen molar-refractivity contribution in [1.82, 2.24) is 4.90 Å². The third-order valence-corrected chi connectivity index (χ3v) is 1.86. The highest BCUT2D eigenvalue weighted by molar-refractivity contribution is 5.65. The molecule has 68 valence electrons. The molecule has 1 rings (SSSR count). The largest absolute Gasteiger partial charge is 0.465 e. The maximum absolute atomic E-state index is 10.4. The van der Waals surface area contributed by atoms with E-state index in [9.17, 15) is 4.79 Å². The van der Waals surface area contributed by atoms with Crippen LogP contribution in [-0.2, 0) is 9.53 Å². The number of rotatable bonds is 3. The van der Waals surface area contributed by atoms with Crippen LogP contribution in [0.3, 0.4) is 0 Å². The smallest absolute Gasteiger partial charge is 0.302 e. The van der Waals surface area contributed by atoms with Crippen molar-refractivity contribution in [2.75, 3.05) is 26.2 Å². The molecule has 3 heteroatoms. The van der Waals surface area contributed by atoms with Crippen molar-refractivity contribution < 1.29 is 9.53 Å². The summed E-state index contributed by atoms with van der Waals surface area (Å²) in [6.07, 6.45) is 5.44. The summed E-state index contributed by atoms with van der Waals surface area (Å²) in [7, 11) is 0. The number of esters is 1. The molecule has 0 aromatic heterocycles. The van der Waals surface area contributed by atoms with Crippen molar-refractivity contribution in [1.29, 1.82) is 0 Å². The van der Waals surface area contributed by atoms with Crippen LogP contribution in [0.15, 0.2) is 12.2 Å². The van der Waals surface area contributed by atoms with Crippen LogP contribution < -0.4 is 0 Å². The SMILES string of the molecule is CC(=O)OCCN1CC=CCC1. The minimum atomic E-state index is -0.192. The Balaban J connectivity index is 2.06. The normalized spacial score (nSPS) is 17.8. The van der Waals surface area contributed by atoms with Crippen LogP contribution in [0.1, 0.15) is 13.3 Å². The minimum Gasteiger partial charge on any atom is -0.465 e. The van der Waals surface area contributed by atoms with Gasteiger partial charge in [0.2, 0.25) is 0 Å². The molecule has 0 aliphatic carbocycles. The standard InChI is InChI=1S/C9H15NO2/c1-9(11)12-8-7-10-5-3-2-4-6-10/h2-3H,4-8H2,1H3. The molecule has 0 spiro atoms. The van der Waals surface area contributed by atoms with Gasteiger partial charge in [-0.25, -0.2) is 0 Å². The highest BCUT2D eigenvalue weighted by Crippen LogP contribution is 1.99. The lowest BCUT2D eigenvalue weighted by Crippen LogP contribution is -2.31. The number of carbonyl (C=O) groups excluding carboxylic acids is 1. The van der Waals surface area contributed by atoms with E-state index in [2.05, 4.69) is 17.1 Å². The van der Waals surface area contributed by atoms with Crippen LogP contribution in [-0.4, -0.2) is 37.1 Å². The summed E-state index contributed by atoms with van der Waals surface area (Å²) in [5, 5.41) is 0. The van der Waals surface area contributed by atoms with Gasteiger partial charge < -0.3 is 4.74 Å². The molecule has 3 nitrogen and oxygen atoms in total. The van der Waals surface area contributed by atoms with E-state index in [0.717, 1.165) is 26.1 Å². The Morgan fingerprint density at radius 2 is 2.42 bits per heavy atom. The Kier molecular flexibility index (Phi) is 3.80. The van der Waals surface area contributed by atoms with Crippen LogP contribution in [0, 0.1) is 0 Å². The average Bonchev–Trinajstić information content (AvgIpc) is 2.05. The van der Waals surface area contributed by atoms with Crippen LogP contribution in [0.4, 0.5) is 0 Å². The number of carbonyl (C=O) groups is 1. The molecule has 0 N–H and O–H groups in total. The lowest BCUT2D eigenvalue weighted by Gasteiger charge is -2.22. The zero-order valence-corrected chi connectivity index (χ0v) is 7.45. The molecule has 0 aromatic rings. The average molecular weight is 169 g/mol. The summed E-state index contributed by atoms with van der Waals surface area (Å²) in [6.45, 7) is 4.88. The van der Waals surface area contributed by atoms with Gasteiger partial charge in [0, 0.05) is 26.6 Å². The first kappa shape index (κ1) is 9.26. The molecule has 0 unspecified atom stereocenters. The summed E-state index contributed by atoms with van der Waals surface area (Å²) in [5.74, 6) is -0.192. The molecular formula is C9H15NO2. The number of hydrogen-bond acceptors (Lipinski definition) is 3. The Bertz CT molecular complexity index is 177. The van der Waals surface area contributed by atoms with Crippen molar-refractivity contribution in [2.24, 2.45) is 0 Å². The molecule has 12 heavy (non-hydrogen) atoms. The van der Waals surface area contributed by atoms with Gasteiger partial charge in [-0.15, -0.1) is 0 Å². The van der Waals surface area contributed by atoms with Crippen LogP contribution in [0.5, 0.6) is 0 Å². The molecule has 1 aliphatic heterocycles. The van der Waals surface area contributed by atoms with E-state index in [-0.39, 0.29) is 5.97 Å². The molecule has 1 aliphatic rings. The Morgan fingerprint density at radius 3 is 3.00 bits per heavy atom. The second-order valence-corrected chi connectivity index (χ2v) is 2.90. The molecule has 0 atom stereocenters. The summed E-state index contributed by atoms with van der Waals surface area (Å²) in [6, 6.07) is 0. The quantitative estimate of drug-likeness (QED) is 0.462. The van der Waals surface area contributed by atoms with E-state index in [1.165, 1.54) is 6.92 Å². The predicted molar refractivity (Wildman–Crippen MR) is 46.8 cm³/mol. The van der Waals surface area contributed by atoms with E-state index in [1.807, 2.05) is 0 Å². The van der Waals surface area contributed by atoms with E-state index in [0.29, 0.717) is 6.61 Å². The molecule has 0 radical (unpaired) electrons. The summed E-state index contributed by atoms with van der Waals surface area (Å²) in [4.78, 5) is 12.7. The first-order valence-electron chi connectivity index (χ1n) is 4.30. The van der Waals surface area contributed by atoms with Crippen LogP contribution >= 0.6 is 0 Å². The van der Waals surface area contributed by atoms with Crippen molar-refractivity contribution >= 4 is 5.97 Å². The van der Waals surface area contributed by atoms with Gasteiger partial charge in [0.05, 0.1) is 0 Å².